The first-order chi connectivity index (χ1) is 9.82. The number of hydrogen-bond donors (Lipinski definition) is 3. The Labute approximate surface area is 127 Å². The van der Waals surface area contributed by atoms with Crippen molar-refractivity contribution in [1.29, 1.82) is 0 Å². The summed E-state index contributed by atoms with van der Waals surface area (Å²) >= 11 is 0. The minimum absolute atomic E-state index is 0.109. The van der Waals surface area contributed by atoms with Gasteiger partial charge in [-0.1, -0.05) is 32.9 Å². The maximum Gasteiger partial charge on any atom is 0.242 e. The van der Waals surface area contributed by atoms with Gasteiger partial charge in [-0.3, -0.25) is 0 Å². The van der Waals surface area contributed by atoms with Gasteiger partial charge in [-0.2, -0.15) is 0 Å². The first-order valence-corrected chi connectivity index (χ1v) is 8.74. The molecule has 0 saturated heterocycles. The molecule has 0 radical (unpaired) electrons. The van der Waals surface area contributed by atoms with Crippen LogP contribution in [0.5, 0.6) is 0 Å². The molecule has 0 atom stereocenters. The molecular weight excluding hydrogens is 288 g/mol. The number of hydrogen-bond acceptors (Lipinski definition) is 4. The van der Waals surface area contributed by atoms with Crippen molar-refractivity contribution in [3.63, 3.8) is 0 Å². The van der Waals surface area contributed by atoms with Crippen molar-refractivity contribution in [3.05, 3.63) is 24.3 Å². The van der Waals surface area contributed by atoms with Gasteiger partial charge in [0.2, 0.25) is 10.0 Å². The van der Waals surface area contributed by atoms with E-state index in [1.165, 1.54) is 0 Å². The van der Waals surface area contributed by atoms with Crippen LogP contribution in [0, 0.1) is 5.41 Å². The van der Waals surface area contributed by atoms with Gasteiger partial charge in [0.25, 0.3) is 0 Å². The number of sulfonamides is 1. The molecule has 0 spiro atoms. The summed E-state index contributed by atoms with van der Waals surface area (Å²) in [5.74, 6) is 0. The normalized spacial score (nSPS) is 12.4. The fourth-order valence-corrected chi connectivity index (χ4v) is 3.20. The monoisotopic (exact) mass is 314 g/mol. The summed E-state index contributed by atoms with van der Waals surface area (Å²) in [7, 11) is -3.49. The SMILES string of the molecule is CCCNS(=O)(=O)c1ccccc1NCC(C)(C)CCO. The average molecular weight is 314 g/mol. The molecule has 0 aromatic heterocycles. The topological polar surface area (TPSA) is 78.4 Å². The van der Waals surface area contributed by atoms with E-state index >= 15 is 0 Å². The Morgan fingerprint density at radius 3 is 2.52 bits per heavy atom. The van der Waals surface area contributed by atoms with Gasteiger partial charge in [-0.05, 0) is 30.4 Å². The molecule has 0 amide bonds. The van der Waals surface area contributed by atoms with E-state index in [9.17, 15) is 8.42 Å². The van der Waals surface area contributed by atoms with Crippen LogP contribution in [0.1, 0.15) is 33.6 Å². The quantitative estimate of drug-likeness (QED) is 0.653. The zero-order valence-electron chi connectivity index (χ0n) is 13.0. The molecule has 21 heavy (non-hydrogen) atoms. The van der Waals surface area contributed by atoms with E-state index in [0.717, 1.165) is 6.42 Å². The van der Waals surface area contributed by atoms with E-state index in [0.29, 0.717) is 25.2 Å². The predicted octanol–water partition coefficient (Wildman–Crippen LogP) is 2.20. The minimum atomic E-state index is -3.49. The van der Waals surface area contributed by atoms with Gasteiger partial charge in [0.1, 0.15) is 4.90 Å². The van der Waals surface area contributed by atoms with Gasteiger partial charge in [0, 0.05) is 19.7 Å². The number of anilines is 1. The van der Waals surface area contributed by atoms with E-state index in [2.05, 4.69) is 10.0 Å². The molecule has 0 saturated carbocycles. The number of rotatable bonds is 9. The lowest BCUT2D eigenvalue weighted by Crippen LogP contribution is -2.27. The smallest absolute Gasteiger partial charge is 0.242 e. The van der Waals surface area contributed by atoms with Crippen LogP contribution in [0.25, 0.3) is 0 Å². The Morgan fingerprint density at radius 2 is 1.90 bits per heavy atom. The van der Waals surface area contributed by atoms with Crippen LogP contribution in [0.3, 0.4) is 0 Å². The molecular formula is C15H26N2O3S. The number of nitrogens with one attached hydrogen (secondary N) is 2. The van der Waals surface area contributed by atoms with Gasteiger partial charge in [-0.15, -0.1) is 0 Å². The van der Waals surface area contributed by atoms with E-state index in [4.69, 9.17) is 5.11 Å². The average Bonchev–Trinajstić information content (AvgIpc) is 2.43. The van der Waals surface area contributed by atoms with Crippen LogP contribution >= 0.6 is 0 Å². The van der Waals surface area contributed by atoms with Crippen LogP contribution in [-0.4, -0.2) is 33.2 Å². The summed E-state index contributed by atoms with van der Waals surface area (Å²) < 4.78 is 27.1. The van der Waals surface area contributed by atoms with Crippen LogP contribution in [0.2, 0.25) is 0 Å². The van der Waals surface area contributed by atoms with Gasteiger partial charge in [0.15, 0.2) is 0 Å². The van der Waals surface area contributed by atoms with Crippen molar-refractivity contribution in [2.24, 2.45) is 5.41 Å². The highest BCUT2D eigenvalue weighted by atomic mass is 32.2. The van der Waals surface area contributed by atoms with Crippen molar-refractivity contribution >= 4 is 15.7 Å². The lowest BCUT2D eigenvalue weighted by molar-refractivity contribution is 0.220. The van der Waals surface area contributed by atoms with Gasteiger partial charge in [0.05, 0.1) is 5.69 Å². The van der Waals surface area contributed by atoms with Crippen molar-refractivity contribution in [2.75, 3.05) is 25.0 Å². The highest BCUT2D eigenvalue weighted by Crippen LogP contribution is 2.24. The van der Waals surface area contributed by atoms with Crippen LogP contribution < -0.4 is 10.0 Å². The van der Waals surface area contributed by atoms with Crippen LogP contribution in [0.15, 0.2) is 29.2 Å². The molecule has 0 heterocycles. The molecule has 1 aromatic rings. The molecule has 3 N–H and O–H groups in total. The summed E-state index contributed by atoms with van der Waals surface area (Å²) in [5, 5.41) is 12.2. The molecule has 1 rings (SSSR count). The van der Waals surface area contributed by atoms with E-state index in [1.807, 2.05) is 20.8 Å². The summed E-state index contributed by atoms with van der Waals surface area (Å²) in [6, 6.07) is 6.87. The summed E-state index contributed by atoms with van der Waals surface area (Å²) in [4.78, 5) is 0.262. The number of aliphatic hydroxyl groups is 1. The third-order valence-electron chi connectivity index (χ3n) is 3.26. The fraction of sp³-hybridized carbons (Fsp3) is 0.600. The zero-order valence-corrected chi connectivity index (χ0v) is 13.8. The molecule has 0 aliphatic carbocycles. The zero-order chi connectivity index (χ0) is 15.9. The molecule has 0 bridgehead atoms. The lowest BCUT2D eigenvalue weighted by Gasteiger charge is -2.25. The maximum atomic E-state index is 12.3. The van der Waals surface area contributed by atoms with Crippen molar-refractivity contribution < 1.29 is 13.5 Å². The second kappa shape index (κ2) is 7.77. The van der Waals surface area contributed by atoms with E-state index in [1.54, 1.807) is 24.3 Å². The summed E-state index contributed by atoms with van der Waals surface area (Å²) in [5.41, 5.74) is 0.481. The van der Waals surface area contributed by atoms with Gasteiger partial charge < -0.3 is 10.4 Å². The Morgan fingerprint density at radius 1 is 1.24 bits per heavy atom. The number of benzene rings is 1. The van der Waals surface area contributed by atoms with E-state index in [-0.39, 0.29) is 16.9 Å². The fourth-order valence-electron chi connectivity index (χ4n) is 1.89. The summed E-state index contributed by atoms with van der Waals surface area (Å²) in [6.07, 6.45) is 1.40. The van der Waals surface area contributed by atoms with Crippen LogP contribution in [0.4, 0.5) is 5.69 Å². The van der Waals surface area contributed by atoms with Gasteiger partial charge in [-0.25, -0.2) is 13.1 Å². The highest BCUT2D eigenvalue weighted by molar-refractivity contribution is 7.89. The molecule has 0 unspecified atom stereocenters. The molecule has 1 aromatic carbocycles. The molecule has 0 aliphatic rings. The van der Waals surface area contributed by atoms with E-state index < -0.39 is 10.0 Å². The van der Waals surface area contributed by atoms with Crippen molar-refractivity contribution in [2.45, 2.75) is 38.5 Å². The van der Waals surface area contributed by atoms with Crippen LogP contribution in [-0.2, 0) is 10.0 Å². The predicted molar refractivity (Wildman–Crippen MR) is 85.9 cm³/mol. The molecule has 0 aliphatic heterocycles. The number of aliphatic hydroxyl groups excluding tert-OH is 1. The minimum Gasteiger partial charge on any atom is -0.396 e. The lowest BCUT2D eigenvalue weighted by atomic mass is 9.90. The Bertz CT molecular complexity index is 542. The number of para-hydroxylation sites is 1. The summed E-state index contributed by atoms with van der Waals surface area (Å²) in [6.45, 7) is 7.11. The standard InChI is InChI=1S/C15H26N2O3S/c1-4-10-17-21(19,20)14-8-6-5-7-13(14)16-12-15(2,3)9-11-18/h5-8,16-18H,4,9-12H2,1-3H3. The Kier molecular flexibility index (Phi) is 6.64. The van der Waals surface area contributed by atoms with Crippen molar-refractivity contribution in [3.8, 4) is 0 Å². The molecule has 120 valence electrons. The van der Waals surface area contributed by atoms with Crippen molar-refractivity contribution in [1.82, 2.24) is 4.72 Å². The first kappa shape index (κ1) is 17.9. The second-order valence-electron chi connectivity index (χ2n) is 5.89. The molecule has 6 heteroatoms. The Balaban J connectivity index is 2.90. The molecule has 5 nitrogen and oxygen atoms in total. The molecule has 0 fully saturated rings. The second-order valence-corrected chi connectivity index (χ2v) is 7.62. The Hall–Kier alpha value is -1.11. The third kappa shape index (κ3) is 5.65. The largest absolute Gasteiger partial charge is 0.396 e. The maximum absolute atomic E-state index is 12.3. The third-order valence-corrected chi connectivity index (χ3v) is 4.78. The highest BCUT2D eigenvalue weighted by Gasteiger charge is 2.20. The first-order valence-electron chi connectivity index (χ1n) is 7.26. The van der Waals surface area contributed by atoms with Gasteiger partial charge >= 0.3 is 0 Å².